The Bertz CT molecular complexity index is 541. The molecule has 0 spiro atoms. The van der Waals surface area contributed by atoms with E-state index in [1.165, 1.54) is 18.2 Å². The first-order chi connectivity index (χ1) is 7.84. The van der Waals surface area contributed by atoms with Crippen LogP contribution in [0.4, 0.5) is 0 Å². The smallest absolute Gasteiger partial charge is 0.328 e. The monoisotopic (exact) mass is 254 g/mol. The van der Waals surface area contributed by atoms with Crippen LogP contribution in [0.25, 0.3) is 6.08 Å². The molecular formula is C12H14O4S. The highest BCUT2D eigenvalue weighted by Crippen LogP contribution is 2.17. The molecular weight excluding hydrogens is 240 g/mol. The van der Waals surface area contributed by atoms with Crippen LogP contribution in [0.2, 0.25) is 0 Å². The first kappa shape index (κ1) is 13.4. The molecule has 4 nitrogen and oxygen atoms in total. The zero-order chi connectivity index (χ0) is 13.1. The van der Waals surface area contributed by atoms with Crippen molar-refractivity contribution in [3.05, 3.63) is 35.9 Å². The highest BCUT2D eigenvalue weighted by atomic mass is 32.2. The maximum absolute atomic E-state index is 11.9. The maximum Gasteiger partial charge on any atom is 0.328 e. The fraction of sp³-hybridized carbons (Fsp3) is 0.250. The topological polar surface area (TPSA) is 71.4 Å². The van der Waals surface area contributed by atoms with Crippen LogP contribution in [-0.4, -0.2) is 24.7 Å². The average molecular weight is 254 g/mol. The predicted octanol–water partition coefficient (Wildman–Crippen LogP) is 1.97. The van der Waals surface area contributed by atoms with E-state index >= 15 is 0 Å². The summed E-state index contributed by atoms with van der Waals surface area (Å²) in [5.41, 5.74) is 0.550. The van der Waals surface area contributed by atoms with E-state index in [9.17, 15) is 13.2 Å². The maximum atomic E-state index is 11.9. The number of benzene rings is 1. The van der Waals surface area contributed by atoms with Gasteiger partial charge in [0.1, 0.15) is 0 Å². The number of carboxylic acid groups (broad SMARTS) is 1. The van der Waals surface area contributed by atoms with Crippen molar-refractivity contribution in [1.29, 1.82) is 0 Å². The summed E-state index contributed by atoms with van der Waals surface area (Å²) in [6.45, 7) is 3.21. The Labute approximate surface area is 101 Å². The van der Waals surface area contributed by atoms with Crippen molar-refractivity contribution in [1.82, 2.24) is 0 Å². The minimum absolute atomic E-state index is 0.208. The van der Waals surface area contributed by atoms with Crippen LogP contribution >= 0.6 is 0 Å². The third-order valence-corrected chi connectivity index (χ3v) is 4.38. The molecule has 0 bridgehead atoms. The second kappa shape index (κ2) is 5.14. The summed E-state index contributed by atoms with van der Waals surface area (Å²) in [5, 5.41) is 7.99. The molecule has 0 amide bonds. The molecule has 92 valence electrons. The number of hydrogen-bond acceptors (Lipinski definition) is 3. The molecule has 0 aliphatic heterocycles. The fourth-order valence-corrected chi connectivity index (χ4v) is 2.35. The number of hydrogen-bond donors (Lipinski definition) is 1. The van der Waals surface area contributed by atoms with Gasteiger partial charge in [0.05, 0.1) is 10.1 Å². The summed E-state index contributed by atoms with van der Waals surface area (Å²) in [6.07, 6.45) is 2.34. The first-order valence-corrected chi connectivity index (χ1v) is 6.63. The van der Waals surface area contributed by atoms with E-state index in [1.807, 2.05) is 0 Å². The van der Waals surface area contributed by atoms with Crippen LogP contribution < -0.4 is 0 Å². The van der Waals surface area contributed by atoms with Crippen molar-refractivity contribution < 1.29 is 18.3 Å². The Morgan fingerprint density at radius 3 is 2.53 bits per heavy atom. The molecule has 0 atom stereocenters. The summed E-state index contributed by atoms with van der Waals surface area (Å²) in [4.78, 5) is 10.6. The van der Waals surface area contributed by atoms with E-state index in [4.69, 9.17) is 5.11 Å². The van der Waals surface area contributed by atoms with Crippen molar-refractivity contribution in [2.75, 3.05) is 0 Å². The Morgan fingerprint density at radius 2 is 2.00 bits per heavy atom. The lowest BCUT2D eigenvalue weighted by molar-refractivity contribution is -0.131. The van der Waals surface area contributed by atoms with Gasteiger partial charge >= 0.3 is 5.97 Å². The molecule has 17 heavy (non-hydrogen) atoms. The molecule has 0 saturated heterocycles. The molecule has 5 heteroatoms. The average Bonchev–Trinajstić information content (AvgIpc) is 2.26. The Hall–Kier alpha value is -1.62. The van der Waals surface area contributed by atoms with Crippen LogP contribution in [0.3, 0.4) is 0 Å². The van der Waals surface area contributed by atoms with Gasteiger partial charge in [-0.1, -0.05) is 12.1 Å². The van der Waals surface area contributed by atoms with Crippen LogP contribution in [0.15, 0.2) is 35.2 Å². The van der Waals surface area contributed by atoms with Gasteiger partial charge in [-0.15, -0.1) is 0 Å². The summed E-state index contributed by atoms with van der Waals surface area (Å²) >= 11 is 0. The molecule has 1 aromatic carbocycles. The Morgan fingerprint density at radius 1 is 1.35 bits per heavy atom. The van der Waals surface area contributed by atoms with Gasteiger partial charge in [-0.2, -0.15) is 0 Å². The van der Waals surface area contributed by atoms with Crippen LogP contribution in [-0.2, 0) is 14.6 Å². The Balaban J connectivity index is 3.15. The van der Waals surface area contributed by atoms with Gasteiger partial charge in [0.15, 0.2) is 9.84 Å². The molecule has 0 radical (unpaired) electrons. The number of carboxylic acids is 1. The molecule has 0 heterocycles. The fourth-order valence-electron chi connectivity index (χ4n) is 1.23. The summed E-state index contributed by atoms with van der Waals surface area (Å²) in [7, 11) is -3.32. The molecule has 0 fully saturated rings. The molecule has 1 rings (SSSR count). The normalized spacial score (nSPS) is 12.2. The lowest BCUT2D eigenvalue weighted by Crippen LogP contribution is -2.13. The molecule has 0 aromatic heterocycles. The Kier molecular flexibility index (Phi) is 4.07. The van der Waals surface area contributed by atoms with Gasteiger partial charge in [-0.25, -0.2) is 13.2 Å². The summed E-state index contributed by atoms with van der Waals surface area (Å²) in [5.74, 6) is -1.07. The predicted molar refractivity (Wildman–Crippen MR) is 65.4 cm³/mol. The van der Waals surface area contributed by atoms with Gasteiger partial charge in [0.25, 0.3) is 0 Å². The highest BCUT2D eigenvalue weighted by Gasteiger charge is 2.18. The van der Waals surface area contributed by atoms with E-state index in [0.29, 0.717) is 5.56 Å². The zero-order valence-electron chi connectivity index (χ0n) is 9.62. The standard InChI is InChI=1S/C12H14O4S/c1-9(2)17(15,16)11-5-3-4-10(8-11)6-7-12(13)14/h3-9H,1-2H3,(H,13,14). The van der Waals surface area contributed by atoms with Crippen molar-refractivity contribution in [2.24, 2.45) is 0 Å². The van der Waals surface area contributed by atoms with E-state index in [-0.39, 0.29) is 4.90 Å². The van der Waals surface area contributed by atoms with Crippen molar-refractivity contribution in [2.45, 2.75) is 24.0 Å². The number of sulfone groups is 1. The minimum Gasteiger partial charge on any atom is -0.478 e. The third-order valence-electron chi connectivity index (χ3n) is 2.23. The molecule has 0 aliphatic rings. The molecule has 1 aromatic rings. The molecule has 0 saturated carbocycles. The van der Waals surface area contributed by atoms with Crippen molar-refractivity contribution >= 4 is 21.9 Å². The van der Waals surface area contributed by atoms with Crippen LogP contribution in [0.1, 0.15) is 19.4 Å². The van der Waals surface area contributed by atoms with Gasteiger partial charge in [0.2, 0.25) is 0 Å². The van der Waals surface area contributed by atoms with E-state index < -0.39 is 21.1 Å². The van der Waals surface area contributed by atoms with Crippen molar-refractivity contribution in [3.8, 4) is 0 Å². The second-order valence-electron chi connectivity index (χ2n) is 3.84. The van der Waals surface area contributed by atoms with Gasteiger partial charge in [0, 0.05) is 6.08 Å². The number of aliphatic carboxylic acids is 1. The van der Waals surface area contributed by atoms with Gasteiger partial charge in [-0.05, 0) is 37.6 Å². The third kappa shape index (κ3) is 3.42. The second-order valence-corrected chi connectivity index (χ2v) is 6.34. The summed E-state index contributed by atoms with van der Waals surface area (Å²) < 4.78 is 23.8. The number of carbonyl (C=O) groups is 1. The minimum atomic E-state index is -3.32. The zero-order valence-corrected chi connectivity index (χ0v) is 10.4. The SMILES string of the molecule is CC(C)S(=O)(=O)c1cccc(C=CC(=O)O)c1. The van der Waals surface area contributed by atoms with E-state index in [0.717, 1.165) is 6.08 Å². The lowest BCUT2D eigenvalue weighted by Gasteiger charge is -2.07. The molecule has 1 N–H and O–H groups in total. The lowest BCUT2D eigenvalue weighted by atomic mass is 10.2. The highest BCUT2D eigenvalue weighted by molar-refractivity contribution is 7.92. The summed E-state index contributed by atoms with van der Waals surface area (Å²) in [6, 6.07) is 6.22. The van der Waals surface area contributed by atoms with Crippen molar-refractivity contribution in [3.63, 3.8) is 0 Å². The van der Waals surface area contributed by atoms with Gasteiger partial charge in [-0.3, -0.25) is 0 Å². The largest absolute Gasteiger partial charge is 0.478 e. The molecule has 0 aliphatic carbocycles. The molecule has 0 unspecified atom stereocenters. The van der Waals surface area contributed by atoms with E-state index in [2.05, 4.69) is 0 Å². The van der Waals surface area contributed by atoms with Crippen LogP contribution in [0, 0.1) is 0 Å². The van der Waals surface area contributed by atoms with E-state index in [1.54, 1.807) is 26.0 Å². The number of rotatable bonds is 4. The van der Waals surface area contributed by atoms with Crippen LogP contribution in [0.5, 0.6) is 0 Å². The van der Waals surface area contributed by atoms with Gasteiger partial charge < -0.3 is 5.11 Å². The quantitative estimate of drug-likeness (QED) is 0.834. The first-order valence-electron chi connectivity index (χ1n) is 5.09.